The molecule has 3 rings (SSSR count). The van der Waals surface area contributed by atoms with E-state index in [9.17, 15) is 8.42 Å². The lowest BCUT2D eigenvalue weighted by molar-refractivity contribution is 0.384. The molecule has 0 aliphatic heterocycles. The van der Waals surface area contributed by atoms with Crippen LogP contribution in [0.5, 0.6) is 0 Å². The zero-order valence-electron chi connectivity index (χ0n) is 12.1. The van der Waals surface area contributed by atoms with Gasteiger partial charge in [0.25, 0.3) is 0 Å². The number of rotatable bonds is 4. The van der Waals surface area contributed by atoms with E-state index < -0.39 is 9.84 Å². The maximum Gasteiger partial charge on any atom is 0.175 e. The summed E-state index contributed by atoms with van der Waals surface area (Å²) < 4.78 is 28.5. The molecule has 22 heavy (non-hydrogen) atoms. The molecule has 2 heterocycles. The number of anilines is 1. The van der Waals surface area contributed by atoms with Crippen molar-refractivity contribution in [3.05, 3.63) is 42.0 Å². The van der Waals surface area contributed by atoms with E-state index in [0.717, 1.165) is 5.69 Å². The average Bonchev–Trinajstić information content (AvgIpc) is 2.89. The van der Waals surface area contributed by atoms with E-state index in [1.165, 1.54) is 18.6 Å². The second-order valence-corrected chi connectivity index (χ2v) is 6.98. The van der Waals surface area contributed by atoms with Crippen molar-refractivity contribution in [2.45, 2.75) is 18.4 Å². The van der Waals surface area contributed by atoms with Crippen LogP contribution < -0.4 is 5.32 Å². The highest BCUT2D eigenvalue weighted by atomic mass is 32.2. The van der Waals surface area contributed by atoms with Crippen LogP contribution in [0.3, 0.4) is 0 Å². The van der Waals surface area contributed by atoms with Gasteiger partial charge in [-0.25, -0.2) is 18.4 Å². The largest absolute Gasteiger partial charge is 0.362 e. The molecular formula is C14H14N4O3S. The summed E-state index contributed by atoms with van der Waals surface area (Å²) >= 11 is 0. The summed E-state index contributed by atoms with van der Waals surface area (Å²) in [5.41, 5.74) is 1.46. The minimum atomic E-state index is -3.29. The number of nitrogens with one attached hydrogen (secondary N) is 1. The Morgan fingerprint density at radius 3 is 2.73 bits per heavy atom. The molecule has 3 aromatic rings. The molecule has 0 bridgehead atoms. The number of nitrogens with zero attached hydrogens (tertiary/aromatic N) is 3. The van der Waals surface area contributed by atoms with E-state index in [1.54, 1.807) is 12.1 Å². The Balaban J connectivity index is 1.97. The van der Waals surface area contributed by atoms with E-state index in [2.05, 4.69) is 20.4 Å². The van der Waals surface area contributed by atoms with Gasteiger partial charge in [0.05, 0.1) is 22.7 Å². The molecule has 2 aromatic heterocycles. The number of aromatic nitrogens is 3. The third-order valence-electron chi connectivity index (χ3n) is 3.14. The quantitative estimate of drug-likeness (QED) is 0.785. The van der Waals surface area contributed by atoms with Crippen LogP contribution >= 0.6 is 0 Å². The van der Waals surface area contributed by atoms with E-state index in [0.29, 0.717) is 29.0 Å². The fourth-order valence-electron chi connectivity index (χ4n) is 2.08. The lowest BCUT2D eigenvalue weighted by atomic mass is 10.2. The summed E-state index contributed by atoms with van der Waals surface area (Å²) in [6.45, 7) is 2.24. The lowest BCUT2D eigenvalue weighted by Gasteiger charge is -2.07. The fourth-order valence-corrected chi connectivity index (χ4v) is 2.72. The highest BCUT2D eigenvalue weighted by molar-refractivity contribution is 7.90. The van der Waals surface area contributed by atoms with Gasteiger partial charge >= 0.3 is 0 Å². The second-order valence-electron chi connectivity index (χ2n) is 4.96. The second kappa shape index (κ2) is 5.38. The molecule has 0 aliphatic rings. The number of hydrogen-bond acceptors (Lipinski definition) is 7. The zero-order chi connectivity index (χ0) is 15.7. The van der Waals surface area contributed by atoms with E-state index >= 15 is 0 Å². The molecule has 1 N–H and O–H groups in total. The molecule has 8 heteroatoms. The van der Waals surface area contributed by atoms with Gasteiger partial charge in [0, 0.05) is 17.7 Å². The van der Waals surface area contributed by atoms with Gasteiger partial charge in [-0.3, -0.25) is 0 Å². The number of hydrogen-bond donors (Lipinski definition) is 1. The highest BCUT2D eigenvalue weighted by Gasteiger charge is 2.11. The number of sulfone groups is 1. The minimum Gasteiger partial charge on any atom is -0.362 e. The van der Waals surface area contributed by atoms with Gasteiger partial charge in [0.2, 0.25) is 0 Å². The van der Waals surface area contributed by atoms with Crippen LogP contribution in [0.25, 0.3) is 10.9 Å². The van der Waals surface area contributed by atoms with Crippen molar-refractivity contribution < 1.29 is 12.9 Å². The summed E-state index contributed by atoms with van der Waals surface area (Å²) in [5.74, 6) is 1.22. The fraction of sp³-hybridized carbons (Fsp3) is 0.214. The van der Waals surface area contributed by atoms with Crippen LogP contribution in [0.15, 0.2) is 40.0 Å². The van der Waals surface area contributed by atoms with Crippen LogP contribution in [-0.4, -0.2) is 29.8 Å². The van der Waals surface area contributed by atoms with Gasteiger partial charge in [-0.1, -0.05) is 5.16 Å². The van der Waals surface area contributed by atoms with Gasteiger partial charge in [0.1, 0.15) is 12.1 Å². The Labute approximate surface area is 127 Å². The van der Waals surface area contributed by atoms with E-state index in [1.807, 2.05) is 13.0 Å². The van der Waals surface area contributed by atoms with Crippen molar-refractivity contribution >= 4 is 26.6 Å². The highest BCUT2D eigenvalue weighted by Crippen LogP contribution is 2.23. The first-order valence-electron chi connectivity index (χ1n) is 6.54. The first kappa shape index (κ1) is 14.5. The molecular weight excluding hydrogens is 304 g/mol. The van der Waals surface area contributed by atoms with Crippen molar-refractivity contribution in [3.63, 3.8) is 0 Å². The maximum absolute atomic E-state index is 11.7. The Hall–Kier alpha value is -2.48. The SMILES string of the molecule is Cc1cc(CNc2ncnc3ccc(S(C)(=O)=O)cc23)on1. The van der Waals surface area contributed by atoms with E-state index in [-0.39, 0.29) is 4.90 Å². The summed E-state index contributed by atoms with van der Waals surface area (Å²) in [7, 11) is -3.29. The molecule has 0 spiro atoms. The molecule has 0 amide bonds. The standard InChI is InChI=1S/C14H14N4O3S/c1-9-5-10(21-18-9)7-15-14-12-6-11(22(2,19)20)3-4-13(12)16-8-17-14/h3-6,8H,7H2,1-2H3,(H,15,16,17). The molecule has 0 radical (unpaired) electrons. The normalized spacial score (nSPS) is 11.7. The predicted octanol–water partition coefficient (Wildman–Crippen LogP) is 1.94. The van der Waals surface area contributed by atoms with Crippen molar-refractivity contribution in [3.8, 4) is 0 Å². The average molecular weight is 318 g/mol. The third-order valence-corrected chi connectivity index (χ3v) is 4.25. The number of benzene rings is 1. The van der Waals surface area contributed by atoms with Crippen molar-refractivity contribution in [2.75, 3.05) is 11.6 Å². The summed E-state index contributed by atoms with van der Waals surface area (Å²) in [4.78, 5) is 8.55. The van der Waals surface area contributed by atoms with Crippen LogP contribution in [0.2, 0.25) is 0 Å². The van der Waals surface area contributed by atoms with Crippen molar-refractivity contribution in [1.29, 1.82) is 0 Å². The first-order chi connectivity index (χ1) is 10.4. The Bertz CT molecular complexity index is 934. The summed E-state index contributed by atoms with van der Waals surface area (Å²) in [6.07, 6.45) is 2.60. The van der Waals surface area contributed by atoms with Gasteiger partial charge in [-0.15, -0.1) is 0 Å². The van der Waals surface area contributed by atoms with E-state index in [4.69, 9.17) is 4.52 Å². The number of fused-ring (bicyclic) bond motifs is 1. The third kappa shape index (κ3) is 2.91. The van der Waals surface area contributed by atoms with Gasteiger partial charge in [-0.05, 0) is 25.1 Å². The molecule has 0 atom stereocenters. The van der Waals surface area contributed by atoms with Crippen LogP contribution in [0.1, 0.15) is 11.5 Å². The summed E-state index contributed by atoms with van der Waals surface area (Å²) in [5, 5.41) is 7.57. The van der Waals surface area contributed by atoms with Crippen molar-refractivity contribution in [2.24, 2.45) is 0 Å². The Kier molecular flexibility index (Phi) is 3.53. The van der Waals surface area contributed by atoms with Gasteiger partial charge < -0.3 is 9.84 Å². The lowest BCUT2D eigenvalue weighted by Crippen LogP contribution is -2.03. The van der Waals surface area contributed by atoms with Crippen LogP contribution in [-0.2, 0) is 16.4 Å². The molecule has 0 unspecified atom stereocenters. The molecule has 0 saturated heterocycles. The zero-order valence-corrected chi connectivity index (χ0v) is 12.9. The van der Waals surface area contributed by atoms with Gasteiger partial charge in [0.15, 0.2) is 15.6 Å². The molecule has 0 aliphatic carbocycles. The Morgan fingerprint density at radius 2 is 2.05 bits per heavy atom. The molecule has 1 aromatic carbocycles. The predicted molar refractivity (Wildman–Crippen MR) is 81.2 cm³/mol. The number of aryl methyl sites for hydroxylation is 1. The smallest absolute Gasteiger partial charge is 0.175 e. The molecule has 114 valence electrons. The minimum absolute atomic E-state index is 0.230. The molecule has 0 fully saturated rings. The topological polar surface area (TPSA) is 98.0 Å². The maximum atomic E-state index is 11.7. The monoisotopic (exact) mass is 318 g/mol. The van der Waals surface area contributed by atoms with Crippen molar-refractivity contribution in [1.82, 2.24) is 15.1 Å². The first-order valence-corrected chi connectivity index (χ1v) is 8.43. The Morgan fingerprint density at radius 1 is 1.23 bits per heavy atom. The molecule has 7 nitrogen and oxygen atoms in total. The van der Waals surface area contributed by atoms with Crippen LogP contribution in [0.4, 0.5) is 5.82 Å². The van der Waals surface area contributed by atoms with Gasteiger partial charge in [-0.2, -0.15) is 0 Å². The van der Waals surface area contributed by atoms with Crippen LogP contribution in [0, 0.1) is 6.92 Å². The summed E-state index contributed by atoms with van der Waals surface area (Å²) in [6, 6.07) is 6.59. The molecule has 0 saturated carbocycles.